The quantitative estimate of drug-likeness (QED) is 0.870. The van der Waals surface area contributed by atoms with Gasteiger partial charge in [0.15, 0.2) is 0 Å². The number of aliphatic carboxylic acids is 1. The zero-order chi connectivity index (χ0) is 16.9. The minimum Gasteiger partial charge on any atom is -0.481 e. The van der Waals surface area contributed by atoms with Gasteiger partial charge in [0.05, 0.1) is 12.6 Å². The molecule has 0 aromatic heterocycles. The van der Waals surface area contributed by atoms with Gasteiger partial charge >= 0.3 is 5.97 Å². The van der Waals surface area contributed by atoms with Crippen LogP contribution in [0.5, 0.6) is 0 Å². The zero-order valence-corrected chi connectivity index (χ0v) is 12.6. The van der Waals surface area contributed by atoms with E-state index in [1.165, 1.54) is 6.07 Å². The van der Waals surface area contributed by atoms with Crippen molar-refractivity contribution in [3.05, 3.63) is 35.4 Å². The second-order valence-electron chi connectivity index (χ2n) is 5.49. The van der Waals surface area contributed by atoms with Gasteiger partial charge < -0.3 is 15.2 Å². The molecular weight excluding hydrogens is 308 g/mol. The van der Waals surface area contributed by atoms with Crippen LogP contribution in [0.4, 0.5) is 8.78 Å². The summed E-state index contributed by atoms with van der Waals surface area (Å²) in [5.41, 5.74) is 0.760. The van der Waals surface area contributed by atoms with Crippen LogP contribution in [0, 0.1) is 0 Å². The van der Waals surface area contributed by atoms with E-state index < -0.39 is 30.3 Å². The molecule has 5 nitrogen and oxygen atoms in total. The molecule has 1 aromatic rings. The standard InChI is InChI=1S/C16H19F2NO4/c17-16(18)8-10-23-9-7-13(16)19-15(22)12-4-2-1-3-11(12)5-6-14(20)21/h1-4,13H,5-10H2,(H,19,22)(H,20,21). The predicted molar refractivity (Wildman–Crippen MR) is 78.7 cm³/mol. The number of benzene rings is 1. The minimum absolute atomic E-state index is 0.0332. The highest BCUT2D eigenvalue weighted by Crippen LogP contribution is 2.28. The van der Waals surface area contributed by atoms with Crippen molar-refractivity contribution in [2.45, 2.75) is 37.6 Å². The molecule has 0 spiro atoms. The molecule has 23 heavy (non-hydrogen) atoms. The molecule has 1 aliphatic heterocycles. The number of hydrogen-bond acceptors (Lipinski definition) is 3. The van der Waals surface area contributed by atoms with Crippen LogP contribution in [0.2, 0.25) is 0 Å². The van der Waals surface area contributed by atoms with Crippen LogP contribution in [0.25, 0.3) is 0 Å². The largest absolute Gasteiger partial charge is 0.481 e. The Bertz CT molecular complexity index is 577. The normalized spacial score (nSPS) is 20.5. The van der Waals surface area contributed by atoms with Crippen LogP contribution >= 0.6 is 0 Å². The lowest BCUT2D eigenvalue weighted by atomic mass is 10.00. The highest BCUT2D eigenvalue weighted by atomic mass is 19.3. The Morgan fingerprint density at radius 1 is 1.30 bits per heavy atom. The van der Waals surface area contributed by atoms with E-state index in [9.17, 15) is 18.4 Å². The van der Waals surface area contributed by atoms with Crippen molar-refractivity contribution in [2.24, 2.45) is 0 Å². The number of carboxylic acids is 1. The smallest absolute Gasteiger partial charge is 0.303 e. The summed E-state index contributed by atoms with van der Waals surface area (Å²) in [5, 5.41) is 11.1. The fraction of sp³-hybridized carbons (Fsp3) is 0.500. The summed E-state index contributed by atoms with van der Waals surface area (Å²) in [4.78, 5) is 23.0. The predicted octanol–water partition coefficient (Wildman–Crippen LogP) is 2.25. The molecule has 1 fully saturated rings. The molecule has 0 radical (unpaired) electrons. The van der Waals surface area contributed by atoms with E-state index >= 15 is 0 Å². The van der Waals surface area contributed by atoms with Gasteiger partial charge in [0.1, 0.15) is 0 Å². The van der Waals surface area contributed by atoms with Crippen LogP contribution in [0.1, 0.15) is 35.2 Å². The Hall–Kier alpha value is -2.02. The first-order chi connectivity index (χ1) is 10.9. The molecule has 126 valence electrons. The van der Waals surface area contributed by atoms with E-state index in [0.717, 1.165) is 0 Å². The third kappa shape index (κ3) is 4.72. The number of rotatable bonds is 5. The summed E-state index contributed by atoms with van der Waals surface area (Å²) in [7, 11) is 0. The number of ether oxygens (including phenoxy) is 1. The number of alkyl halides is 2. The summed E-state index contributed by atoms with van der Waals surface area (Å²) >= 11 is 0. The number of halogens is 2. The lowest BCUT2D eigenvalue weighted by Gasteiger charge is -2.25. The summed E-state index contributed by atoms with van der Waals surface area (Å²) in [6, 6.07) is 5.16. The van der Waals surface area contributed by atoms with Gasteiger partial charge in [-0.05, 0) is 24.5 Å². The zero-order valence-electron chi connectivity index (χ0n) is 12.6. The van der Waals surface area contributed by atoms with Crippen molar-refractivity contribution in [3.8, 4) is 0 Å². The molecule has 2 N–H and O–H groups in total. The molecule has 1 amide bonds. The van der Waals surface area contributed by atoms with Crippen LogP contribution in [-0.4, -0.2) is 42.2 Å². The van der Waals surface area contributed by atoms with Crippen molar-refractivity contribution >= 4 is 11.9 Å². The number of carbonyl (C=O) groups excluding carboxylic acids is 1. The molecule has 0 aliphatic carbocycles. The Kier molecular flexibility index (Phi) is 5.65. The fourth-order valence-electron chi connectivity index (χ4n) is 2.51. The average Bonchev–Trinajstić information content (AvgIpc) is 2.67. The lowest BCUT2D eigenvalue weighted by molar-refractivity contribution is -0.136. The lowest BCUT2D eigenvalue weighted by Crippen LogP contribution is -2.47. The van der Waals surface area contributed by atoms with E-state index in [0.29, 0.717) is 5.56 Å². The van der Waals surface area contributed by atoms with E-state index in [2.05, 4.69) is 5.32 Å². The van der Waals surface area contributed by atoms with Crippen LogP contribution in [-0.2, 0) is 16.0 Å². The van der Waals surface area contributed by atoms with Crippen molar-refractivity contribution in [2.75, 3.05) is 13.2 Å². The second-order valence-corrected chi connectivity index (χ2v) is 5.49. The molecule has 1 unspecified atom stereocenters. The van der Waals surface area contributed by atoms with Gasteiger partial charge in [0, 0.05) is 25.0 Å². The number of carboxylic acid groups (broad SMARTS) is 1. The SMILES string of the molecule is O=C(O)CCc1ccccc1C(=O)NC1CCOCCC1(F)F. The molecule has 1 saturated heterocycles. The van der Waals surface area contributed by atoms with Crippen LogP contribution in [0.15, 0.2) is 24.3 Å². The van der Waals surface area contributed by atoms with Gasteiger partial charge in [-0.15, -0.1) is 0 Å². The van der Waals surface area contributed by atoms with E-state index in [1.807, 2.05) is 0 Å². The highest BCUT2D eigenvalue weighted by Gasteiger charge is 2.41. The van der Waals surface area contributed by atoms with Gasteiger partial charge in [0.2, 0.25) is 0 Å². The second kappa shape index (κ2) is 7.50. The molecule has 1 aliphatic rings. The maximum atomic E-state index is 14.0. The average molecular weight is 327 g/mol. The Labute approximate surface area is 132 Å². The molecule has 1 atom stereocenters. The topological polar surface area (TPSA) is 75.6 Å². The number of hydrogen-bond donors (Lipinski definition) is 2. The monoisotopic (exact) mass is 327 g/mol. The van der Waals surface area contributed by atoms with Gasteiger partial charge in [-0.2, -0.15) is 0 Å². The summed E-state index contributed by atoms with van der Waals surface area (Å²) in [6.07, 6.45) is -0.352. The maximum absolute atomic E-state index is 14.0. The molecular formula is C16H19F2NO4. The summed E-state index contributed by atoms with van der Waals surface area (Å²) in [5.74, 6) is -4.62. The molecule has 0 saturated carbocycles. The third-order valence-electron chi connectivity index (χ3n) is 3.82. The van der Waals surface area contributed by atoms with Crippen LogP contribution < -0.4 is 5.32 Å². The fourth-order valence-corrected chi connectivity index (χ4v) is 2.51. The van der Waals surface area contributed by atoms with Gasteiger partial charge in [-0.25, -0.2) is 8.78 Å². The molecule has 0 bridgehead atoms. The third-order valence-corrected chi connectivity index (χ3v) is 3.82. The minimum atomic E-state index is -3.03. The van der Waals surface area contributed by atoms with Crippen LogP contribution in [0.3, 0.4) is 0 Å². The Morgan fingerprint density at radius 3 is 2.78 bits per heavy atom. The van der Waals surface area contributed by atoms with Gasteiger partial charge in [-0.3, -0.25) is 9.59 Å². The Balaban J connectivity index is 2.12. The van der Waals surface area contributed by atoms with Crippen molar-refractivity contribution in [3.63, 3.8) is 0 Å². The number of aryl methyl sites for hydroxylation is 1. The number of amides is 1. The van der Waals surface area contributed by atoms with E-state index in [4.69, 9.17) is 9.84 Å². The molecule has 1 aromatic carbocycles. The van der Waals surface area contributed by atoms with E-state index in [-0.39, 0.29) is 38.0 Å². The summed E-state index contributed by atoms with van der Waals surface area (Å²) < 4.78 is 33.0. The number of nitrogens with one attached hydrogen (secondary N) is 1. The first-order valence-corrected chi connectivity index (χ1v) is 7.46. The Morgan fingerprint density at radius 2 is 2.04 bits per heavy atom. The highest BCUT2D eigenvalue weighted by molar-refractivity contribution is 5.96. The van der Waals surface area contributed by atoms with Crippen molar-refractivity contribution in [1.29, 1.82) is 0 Å². The molecule has 2 rings (SSSR count). The summed E-state index contributed by atoms with van der Waals surface area (Å²) in [6.45, 7) is 0.135. The van der Waals surface area contributed by atoms with Gasteiger partial charge in [0.25, 0.3) is 11.8 Å². The first-order valence-electron chi connectivity index (χ1n) is 7.46. The molecule has 7 heteroatoms. The first kappa shape index (κ1) is 17.3. The van der Waals surface area contributed by atoms with Crippen molar-refractivity contribution < 1.29 is 28.2 Å². The number of carbonyl (C=O) groups is 2. The maximum Gasteiger partial charge on any atom is 0.303 e. The van der Waals surface area contributed by atoms with Crippen molar-refractivity contribution in [1.82, 2.24) is 5.32 Å². The molecule has 1 heterocycles. The van der Waals surface area contributed by atoms with E-state index in [1.54, 1.807) is 18.2 Å². The van der Waals surface area contributed by atoms with Gasteiger partial charge in [-0.1, -0.05) is 18.2 Å².